The van der Waals surface area contributed by atoms with Crippen molar-refractivity contribution in [2.75, 3.05) is 41.3 Å². The summed E-state index contributed by atoms with van der Waals surface area (Å²) < 4.78 is 0. The molecule has 1 aliphatic carbocycles. The van der Waals surface area contributed by atoms with Gasteiger partial charge in [-0.2, -0.15) is 0 Å². The van der Waals surface area contributed by atoms with Crippen LogP contribution in [0.4, 0.5) is 22.7 Å². The average Bonchev–Trinajstić information content (AvgIpc) is 2.83. The fraction of sp³-hybridized carbons (Fsp3) is 0.519. The summed E-state index contributed by atoms with van der Waals surface area (Å²) in [5, 5.41) is 15.3. The molecule has 182 valence electrons. The Morgan fingerprint density at radius 1 is 0.971 bits per heavy atom. The van der Waals surface area contributed by atoms with E-state index in [4.69, 9.17) is 0 Å². The summed E-state index contributed by atoms with van der Waals surface area (Å²) in [5.41, 5.74) is 3.43. The number of hydrogen-bond acceptors (Lipinski definition) is 6. The fourth-order valence-electron chi connectivity index (χ4n) is 5.43. The van der Waals surface area contributed by atoms with Gasteiger partial charge in [0.05, 0.1) is 4.92 Å². The first kappa shape index (κ1) is 24.0. The van der Waals surface area contributed by atoms with Crippen molar-refractivity contribution in [1.29, 1.82) is 0 Å². The number of hydrogen-bond donors (Lipinski definition) is 1. The second-order valence-electron chi connectivity index (χ2n) is 9.65. The predicted molar refractivity (Wildman–Crippen MR) is 138 cm³/mol. The zero-order valence-corrected chi connectivity index (χ0v) is 20.1. The van der Waals surface area contributed by atoms with Gasteiger partial charge in [-0.25, -0.2) is 0 Å². The molecule has 0 spiro atoms. The maximum atomic E-state index is 11.7. The molecule has 0 radical (unpaired) electrons. The van der Waals surface area contributed by atoms with Crippen molar-refractivity contribution < 1.29 is 9.72 Å². The molecule has 2 aliphatic rings. The maximum Gasteiger partial charge on any atom is 0.292 e. The molecular formula is C27H36N4O3. The van der Waals surface area contributed by atoms with Crippen LogP contribution in [-0.2, 0) is 0 Å². The van der Waals surface area contributed by atoms with Crippen molar-refractivity contribution in [2.24, 2.45) is 5.92 Å². The molecule has 0 aromatic heterocycles. The first-order valence-electron chi connectivity index (χ1n) is 12.7. The summed E-state index contributed by atoms with van der Waals surface area (Å²) in [6.07, 6.45) is 9.69. The predicted octanol–water partition coefficient (Wildman–Crippen LogP) is 5.89. The topological polar surface area (TPSA) is 78.7 Å². The number of nitrogens with zero attached hydrogens (tertiary/aromatic N) is 3. The molecule has 2 aromatic rings. The normalized spacial score (nSPS) is 18.6. The number of aldehydes is 1. The lowest BCUT2D eigenvalue weighted by Crippen LogP contribution is -2.46. The standard InChI is InChI=1S/C27H36N4O3/c1-21(22-9-5-3-2-4-6-10-22)28-25-19-24(13-14-27(25)31(33)34)29-15-17-30(18-16-29)26-12-8-7-11-23(26)20-32/h7-8,11-14,19-22,28H,2-6,9-10,15-18H2,1H3. The molecule has 34 heavy (non-hydrogen) atoms. The molecule has 1 aliphatic heterocycles. The third kappa shape index (κ3) is 5.69. The third-order valence-electron chi connectivity index (χ3n) is 7.47. The summed E-state index contributed by atoms with van der Waals surface area (Å²) in [5.74, 6) is 0.546. The highest BCUT2D eigenvalue weighted by molar-refractivity contribution is 5.84. The van der Waals surface area contributed by atoms with E-state index in [9.17, 15) is 14.9 Å². The van der Waals surface area contributed by atoms with Crippen molar-refractivity contribution in [2.45, 2.75) is 57.9 Å². The van der Waals surface area contributed by atoms with Gasteiger partial charge in [-0.3, -0.25) is 14.9 Å². The number of nitro benzene ring substituents is 1. The van der Waals surface area contributed by atoms with E-state index in [1.807, 2.05) is 36.4 Å². The lowest BCUT2D eigenvalue weighted by Gasteiger charge is -2.38. The maximum absolute atomic E-state index is 11.7. The molecule has 1 N–H and O–H groups in total. The van der Waals surface area contributed by atoms with Crippen LogP contribution in [0, 0.1) is 16.0 Å². The summed E-state index contributed by atoms with van der Waals surface area (Å²) in [7, 11) is 0. The van der Waals surface area contributed by atoms with Crippen LogP contribution in [0.1, 0.15) is 62.2 Å². The van der Waals surface area contributed by atoms with E-state index in [0.29, 0.717) is 17.2 Å². The van der Waals surface area contributed by atoms with E-state index >= 15 is 0 Å². The van der Waals surface area contributed by atoms with Crippen LogP contribution in [0.15, 0.2) is 42.5 Å². The van der Waals surface area contributed by atoms with Gasteiger partial charge in [-0.1, -0.05) is 44.2 Å². The first-order chi connectivity index (χ1) is 16.6. The van der Waals surface area contributed by atoms with Crippen LogP contribution >= 0.6 is 0 Å². The molecule has 0 amide bonds. The number of nitro groups is 1. The number of anilines is 3. The smallest absolute Gasteiger partial charge is 0.292 e. The van der Waals surface area contributed by atoms with Crippen molar-refractivity contribution in [1.82, 2.24) is 0 Å². The SMILES string of the molecule is CC(Nc1cc(N2CCN(c3ccccc3C=O)CC2)ccc1[N+](=O)[O-])C1CCCCCCC1. The van der Waals surface area contributed by atoms with E-state index in [0.717, 1.165) is 43.8 Å². The summed E-state index contributed by atoms with van der Waals surface area (Å²) in [6.45, 7) is 5.35. The van der Waals surface area contributed by atoms with Gasteiger partial charge in [0.25, 0.3) is 5.69 Å². The molecule has 0 bridgehead atoms. The van der Waals surface area contributed by atoms with Crippen molar-refractivity contribution in [3.63, 3.8) is 0 Å². The molecule has 1 saturated heterocycles. The Kier molecular flexibility index (Phi) is 8.03. The molecule has 1 unspecified atom stereocenters. The number of para-hydroxylation sites is 1. The number of nitrogens with one attached hydrogen (secondary N) is 1. The van der Waals surface area contributed by atoms with E-state index in [-0.39, 0.29) is 16.7 Å². The van der Waals surface area contributed by atoms with E-state index in [2.05, 4.69) is 22.0 Å². The molecule has 1 atom stereocenters. The van der Waals surface area contributed by atoms with Gasteiger partial charge in [-0.05, 0) is 49.9 Å². The van der Waals surface area contributed by atoms with Gasteiger partial charge < -0.3 is 15.1 Å². The Balaban J connectivity index is 1.46. The van der Waals surface area contributed by atoms with E-state index in [1.165, 1.54) is 44.9 Å². The Hall–Kier alpha value is -3.09. The zero-order chi connectivity index (χ0) is 23.9. The fourth-order valence-corrected chi connectivity index (χ4v) is 5.43. The summed E-state index contributed by atoms with van der Waals surface area (Å²) in [4.78, 5) is 27.4. The number of carbonyl (C=O) groups is 1. The Labute approximate surface area is 202 Å². The Morgan fingerprint density at radius 3 is 2.29 bits per heavy atom. The second-order valence-corrected chi connectivity index (χ2v) is 9.65. The quantitative estimate of drug-likeness (QED) is 0.312. The van der Waals surface area contributed by atoms with Gasteiger partial charge in [0, 0.05) is 55.2 Å². The van der Waals surface area contributed by atoms with Gasteiger partial charge in [0.15, 0.2) is 6.29 Å². The molecule has 7 heteroatoms. The van der Waals surface area contributed by atoms with Gasteiger partial charge in [0.2, 0.25) is 0 Å². The lowest BCUT2D eigenvalue weighted by atomic mass is 9.86. The van der Waals surface area contributed by atoms with Crippen LogP contribution in [0.25, 0.3) is 0 Å². The van der Waals surface area contributed by atoms with Gasteiger partial charge in [0.1, 0.15) is 5.69 Å². The van der Waals surface area contributed by atoms with E-state index < -0.39 is 0 Å². The third-order valence-corrected chi connectivity index (χ3v) is 7.47. The van der Waals surface area contributed by atoms with Crippen LogP contribution in [0.3, 0.4) is 0 Å². The van der Waals surface area contributed by atoms with Crippen molar-refractivity contribution >= 4 is 29.0 Å². The highest BCUT2D eigenvalue weighted by Crippen LogP contribution is 2.34. The van der Waals surface area contributed by atoms with Crippen molar-refractivity contribution in [3.05, 3.63) is 58.1 Å². The molecule has 1 heterocycles. The molecule has 1 saturated carbocycles. The molecular weight excluding hydrogens is 428 g/mol. The largest absolute Gasteiger partial charge is 0.377 e. The van der Waals surface area contributed by atoms with Crippen molar-refractivity contribution in [3.8, 4) is 0 Å². The average molecular weight is 465 g/mol. The van der Waals surface area contributed by atoms with Crippen LogP contribution in [0.2, 0.25) is 0 Å². The first-order valence-corrected chi connectivity index (χ1v) is 12.7. The van der Waals surface area contributed by atoms with Gasteiger partial charge >= 0.3 is 0 Å². The molecule has 4 rings (SSSR count). The minimum Gasteiger partial charge on any atom is -0.377 e. The highest BCUT2D eigenvalue weighted by atomic mass is 16.6. The zero-order valence-electron chi connectivity index (χ0n) is 20.1. The minimum atomic E-state index is -0.286. The molecule has 2 aromatic carbocycles. The number of piperazine rings is 1. The Morgan fingerprint density at radius 2 is 1.62 bits per heavy atom. The van der Waals surface area contributed by atoms with Crippen LogP contribution < -0.4 is 15.1 Å². The Bertz CT molecular complexity index is 980. The number of benzene rings is 2. The molecule has 7 nitrogen and oxygen atoms in total. The number of carbonyl (C=O) groups excluding carboxylic acids is 1. The minimum absolute atomic E-state index is 0.139. The lowest BCUT2D eigenvalue weighted by molar-refractivity contribution is -0.384. The van der Waals surface area contributed by atoms with E-state index in [1.54, 1.807) is 6.07 Å². The number of rotatable bonds is 7. The monoisotopic (exact) mass is 464 g/mol. The van der Waals surface area contributed by atoms with Gasteiger partial charge in [-0.15, -0.1) is 0 Å². The van der Waals surface area contributed by atoms with Crippen LogP contribution in [0.5, 0.6) is 0 Å². The second kappa shape index (κ2) is 11.4. The summed E-state index contributed by atoms with van der Waals surface area (Å²) >= 11 is 0. The molecule has 2 fully saturated rings. The van der Waals surface area contributed by atoms with Crippen LogP contribution in [-0.4, -0.2) is 43.4 Å². The summed E-state index contributed by atoms with van der Waals surface area (Å²) in [6, 6.07) is 13.3. The highest BCUT2D eigenvalue weighted by Gasteiger charge is 2.24.